The monoisotopic (exact) mass is 264 g/mol. The van der Waals surface area contributed by atoms with E-state index in [1.807, 2.05) is 11.8 Å². The predicted octanol–water partition coefficient (Wildman–Crippen LogP) is 2.41. The molecule has 1 aromatic rings. The fourth-order valence-electron chi connectivity index (χ4n) is 2.80. The molecule has 0 amide bonds. The number of hydrogen-bond acceptors (Lipinski definition) is 3. The molecule has 1 aliphatic rings. The summed E-state index contributed by atoms with van der Waals surface area (Å²) in [5, 5.41) is 0. The van der Waals surface area contributed by atoms with Crippen LogP contribution in [0.25, 0.3) is 0 Å². The standard InChI is InChI=1S/C15H24N2S/c1-2-18-9-8-17-11-14(10-16)15(12-17)13-6-4-3-5-7-13/h3-7,14-15H,2,8-12,16H2,1H3/t14-,15+/m1/s1. The van der Waals surface area contributed by atoms with Crippen molar-refractivity contribution < 1.29 is 0 Å². The van der Waals surface area contributed by atoms with Gasteiger partial charge in [0.2, 0.25) is 0 Å². The van der Waals surface area contributed by atoms with E-state index in [2.05, 4.69) is 42.2 Å². The molecule has 0 aromatic heterocycles. The van der Waals surface area contributed by atoms with Crippen LogP contribution < -0.4 is 5.73 Å². The van der Waals surface area contributed by atoms with Crippen LogP contribution in [0.1, 0.15) is 18.4 Å². The number of likely N-dealkylation sites (tertiary alicyclic amines) is 1. The molecule has 2 nitrogen and oxygen atoms in total. The van der Waals surface area contributed by atoms with Gasteiger partial charge in [-0.2, -0.15) is 11.8 Å². The first-order valence-electron chi connectivity index (χ1n) is 6.90. The Morgan fingerprint density at radius 1 is 1.28 bits per heavy atom. The van der Waals surface area contributed by atoms with E-state index in [1.54, 1.807) is 0 Å². The van der Waals surface area contributed by atoms with Gasteiger partial charge in [-0.05, 0) is 23.8 Å². The first-order chi connectivity index (χ1) is 8.85. The Bertz CT molecular complexity index is 342. The van der Waals surface area contributed by atoms with Crippen LogP contribution in [-0.4, -0.2) is 42.6 Å². The summed E-state index contributed by atoms with van der Waals surface area (Å²) in [4.78, 5) is 2.58. The molecule has 18 heavy (non-hydrogen) atoms. The maximum absolute atomic E-state index is 5.95. The molecular weight excluding hydrogens is 240 g/mol. The molecule has 0 unspecified atom stereocenters. The van der Waals surface area contributed by atoms with E-state index in [4.69, 9.17) is 5.73 Å². The molecule has 1 heterocycles. The third-order valence-corrected chi connectivity index (χ3v) is 4.68. The smallest absolute Gasteiger partial charge is 0.00727 e. The van der Waals surface area contributed by atoms with E-state index in [-0.39, 0.29) is 0 Å². The second-order valence-electron chi connectivity index (χ2n) is 4.97. The normalized spacial score (nSPS) is 24.6. The minimum absolute atomic E-state index is 0.624. The van der Waals surface area contributed by atoms with Gasteiger partial charge in [-0.25, -0.2) is 0 Å². The maximum Gasteiger partial charge on any atom is 0.00727 e. The van der Waals surface area contributed by atoms with Crippen molar-refractivity contribution in [3.63, 3.8) is 0 Å². The molecule has 1 aliphatic heterocycles. The molecule has 1 aromatic carbocycles. The minimum Gasteiger partial charge on any atom is -0.330 e. The summed E-state index contributed by atoms with van der Waals surface area (Å²) in [6.45, 7) is 6.58. The summed E-state index contributed by atoms with van der Waals surface area (Å²) >= 11 is 2.03. The molecule has 1 saturated heterocycles. The Morgan fingerprint density at radius 3 is 2.72 bits per heavy atom. The Kier molecular flexibility index (Phi) is 5.54. The van der Waals surface area contributed by atoms with Gasteiger partial charge in [-0.15, -0.1) is 0 Å². The van der Waals surface area contributed by atoms with Crippen LogP contribution in [0.3, 0.4) is 0 Å². The van der Waals surface area contributed by atoms with Crippen molar-refractivity contribution in [2.24, 2.45) is 11.7 Å². The van der Waals surface area contributed by atoms with E-state index >= 15 is 0 Å². The summed E-state index contributed by atoms with van der Waals surface area (Å²) in [6, 6.07) is 10.9. The van der Waals surface area contributed by atoms with Crippen molar-refractivity contribution in [2.45, 2.75) is 12.8 Å². The maximum atomic E-state index is 5.95. The van der Waals surface area contributed by atoms with Gasteiger partial charge in [0, 0.05) is 31.3 Å². The van der Waals surface area contributed by atoms with Gasteiger partial charge in [0.25, 0.3) is 0 Å². The van der Waals surface area contributed by atoms with Crippen LogP contribution in [0.15, 0.2) is 30.3 Å². The average molecular weight is 264 g/mol. The van der Waals surface area contributed by atoms with Crippen LogP contribution >= 0.6 is 11.8 Å². The highest BCUT2D eigenvalue weighted by Crippen LogP contribution is 2.31. The zero-order valence-electron chi connectivity index (χ0n) is 11.2. The SMILES string of the molecule is CCSCCN1C[C@@H](CN)[C@H](c2ccccc2)C1. The van der Waals surface area contributed by atoms with Crippen LogP contribution in [-0.2, 0) is 0 Å². The number of benzene rings is 1. The largest absolute Gasteiger partial charge is 0.330 e. The molecule has 0 bridgehead atoms. The van der Waals surface area contributed by atoms with E-state index < -0.39 is 0 Å². The van der Waals surface area contributed by atoms with Crippen LogP contribution in [0.4, 0.5) is 0 Å². The number of hydrogen-bond donors (Lipinski definition) is 1. The van der Waals surface area contributed by atoms with Crippen molar-refractivity contribution in [1.29, 1.82) is 0 Å². The second kappa shape index (κ2) is 7.17. The molecule has 2 rings (SSSR count). The Hall–Kier alpha value is -0.510. The van der Waals surface area contributed by atoms with Crippen molar-refractivity contribution in [3.8, 4) is 0 Å². The molecule has 3 heteroatoms. The molecule has 100 valence electrons. The number of thioether (sulfide) groups is 1. The van der Waals surface area contributed by atoms with Gasteiger partial charge in [-0.1, -0.05) is 37.3 Å². The van der Waals surface area contributed by atoms with Gasteiger partial charge in [0.05, 0.1) is 0 Å². The summed E-state index contributed by atoms with van der Waals surface area (Å²) < 4.78 is 0. The highest BCUT2D eigenvalue weighted by Gasteiger charge is 2.32. The van der Waals surface area contributed by atoms with Gasteiger partial charge in [0.1, 0.15) is 0 Å². The lowest BCUT2D eigenvalue weighted by molar-refractivity contribution is 0.345. The topological polar surface area (TPSA) is 29.3 Å². The number of nitrogens with two attached hydrogens (primary N) is 1. The number of nitrogens with zero attached hydrogens (tertiary/aromatic N) is 1. The highest BCUT2D eigenvalue weighted by atomic mass is 32.2. The molecule has 0 spiro atoms. The fourth-order valence-corrected chi connectivity index (χ4v) is 3.47. The third kappa shape index (κ3) is 3.50. The van der Waals surface area contributed by atoms with E-state index in [9.17, 15) is 0 Å². The molecule has 0 saturated carbocycles. The Morgan fingerprint density at radius 2 is 2.06 bits per heavy atom. The molecule has 0 aliphatic carbocycles. The molecule has 2 N–H and O–H groups in total. The van der Waals surface area contributed by atoms with Gasteiger partial charge in [-0.3, -0.25) is 0 Å². The van der Waals surface area contributed by atoms with Crippen LogP contribution in [0.5, 0.6) is 0 Å². The highest BCUT2D eigenvalue weighted by molar-refractivity contribution is 7.99. The quantitative estimate of drug-likeness (QED) is 0.800. The van der Waals surface area contributed by atoms with Gasteiger partial charge in [0.15, 0.2) is 0 Å². The molecular formula is C15H24N2S. The van der Waals surface area contributed by atoms with Gasteiger partial charge < -0.3 is 10.6 Å². The Labute approximate surface area is 115 Å². The fraction of sp³-hybridized carbons (Fsp3) is 0.600. The summed E-state index contributed by atoms with van der Waals surface area (Å²) in [5.74, 6) is 3.72. The van der Waals surface area contributed by atoms with E-state index in [0.29, 0.717) is 11.8 Å². The third-order valence-electron chi connectivity index (χ3n) is 3.80. The minimum atomic E-state index is 0.624. The second-order valence-corrected chi connectivity index (χ2v) is 6.36. The summed E-state index contributed by atoms with van der Waals surface area (Å²) in [7, 11) is 0. The predicted molar refractivity (Wildman–Crippen MR) is 81.2 cm³/mol. The molecule has 2 atom stereocenters. The first kappa shape index (κ1) is 13.9. The Balaban J connectivity index is 1.94. The lowest BCUT2D eigenvalue weighted by Crippen LogP contribution is -2.25. The zero-order chi connectivity index (χ0) is 12.8. The summed E-state index contributed by atoms with van der Waals surface area (Å²) in [5.41, 5.74) is 7.40. The van der Waals surface area contributed by atoms with Crippen molar-refractivity contribution in [1.82, 2.24) is 4.90 Å². The van der Waals surface area contributed by atoms with Crippen molar-refractivity contribution in [2.75, 3.05) is 37.7 Å². The van der Waals surface area contributed by atoms with Crippen LogP contribution in [0.2, 0.25) is 0 Å². The van der Waals surface area contributed by atoms with Crippen molar-refractivity contribution >= 4 is 11.8 Å². The average Bonchev–Trinajstić information content (AvgIpc) is 2.83. The lowest BCUT2D eigenvalue weighted by Gasteiger charge is -2.16. The zero-order valence-corrected chi connectivity index (χ0v) is 12.0. The van der Waals surface area contributed by atoms with Gasteiger partial charge >= 0.3 is 0 Å². The number of rotatable bonds is 6. The first-order valence-corrected chi connectivity index (χ1v) is 8.05. The van der Waals surface area contributed by atoms with Crippen LogP contribution in [0, 0.1) is 5.92 Å². The molecule has 0 radical (unpaired) electrons. The lowest BCUT2D eigenvalue weighted by atomic mass is 9.89. The van der Waals surface area contributed by atoms with Crippen molar-refractivity contribution in [3.05, 3.63) is 35.9 Å². The molecule has 1 fully saturated rings. The van der Waals surface area contributed by atoms with E-state index in [0.717, 1.165) is 6.54 Å². The summed E-state index contributed by atoms with van der Waals surface area (Å²) in [6.07, 6.45) is 0. The van der Waals surface area contributed by atoms with E-state index in [1.165, 1.54) is 36.7 Å².